The van der Waals surface area contributed by atoms with E-state index in [0.717, 1.165) is 30.0 Å². The normalized spacial score (nSPS) is 18.0. The molecule has 5 nitrogen and oxygen atoms in total. The third kappa shape index (κ3) is 3.33. The Morgan fingerprint density at radius 3 is 2.82 bits per heavy atom. The number of piperidine rings is 1. The number of pyridine rings is 1. The van der Waals surface area contributed by atoms with E-state index in [1.54, 1.807) is 29.4 Å². The summed E-state index contributed by atoms with van der Waals surface area (Å²) in [5.41, 5.74) is 0.738. The lowest BCUT2D eigenvalue weighted by atomic mass is 9.97. The Morgan fingerprint density at radius 2 is 2.09 bits per heavy atom. The van der Waals surface area contributed by atoms with Gasteiger partial charge in [0.2, 0.25) is 5.91 Å². The van der Waals surface area contributed by atoms with Gasteiger partial charge in [-0.3, -0.25) is 14.6 Å². The minimum atomic E-state index is -0.161. The summed E-state index contributed by atoms with van der Waals surface area (Å²) in [6, 6.07) is 7.22. The van der Waals surface area contributed by atoms with Crippen molar-refractivity contribution in [3.8, 4) is 0 Å². The van der Waals surface area contributed by atoms with Crippen molar-refractivity contribution in [2.75, 3.05) is 18.4 Å². The van der Waals surface area contributed by atoms with Crippen LogP contribution in [0.4, 0.5) is 5.69 Å². The van der Waals surface area contributed by atoms with Gasteiger partial charge in [0.15, 0.2) is 0 Å². The van der Waals surface area contributed by atoms with E-state index in [1.165, 1.54) is 11.3 Å². The number of nitrogens with zero attached hydrogens (tertiary/aromatic N) is 2. The van der Waals surface area contributed by atoms with Gasteiger partial charge in [-0.05, 0) is 36.4 Å². The fraction of sp³-hybridized carbons (Fsp3) is 0.312. The minimum Gasteiger partial charge on any atom is -0.337 e. The number of anilines is 1. The minimum absolute atomic E-state index is 0.0245. The van der Waals surface area contributed by atoms with Crippen molar-refractivity contribution in [1.29, 1.82) is 0 Å². The molecule has 0 saturated carbocycles. The van der Waals surface area contributed by atoms with Gasteiger partial charge in [0, 0.05) is 31.2 Å². The molecule has 1 aliphatic rings. The van der Waals surface area contributed by atoms with Crippen LogP contribution in [0.3, 0.4) is 0 Å². The zero-order valence-corrected chi connectivity index (χ0v) is 12.9. The standard InChI is InChI=1S/C16H17N3O2S/c20-15(18-13-5-7-17-8-6-13)12-3-1-9-19(11-12)16(21)14-4-2-10-22-14/h2,4-8,10,12H,1,3,9,11H2,(H,17,18,20)/t12-/m1/s1. The predicted octanol–water partition coefficient (Wildman–Crippen LogP) is 2.63. The fourth-order valence-electron chi connectivity index (χ4n) is 2.61. The molecule has 1 atom stereocenters. The lowest BCUT2D eigenvalue weighted by molar-refractivity contribution is -0.121. The first-order valence-corrected chi connectivity index (χ1v) is 8.15. The van der Waals surface area contributed by atoms with Gasteiger partial charge in [-0.1, -0.05) is 6.07 Å². The molecule has 0 unspecified atom stereocenters. The molecule has 2 aromatic heterocycles. The lowest BCUT2D eigenvalue weighted by Crippen LogP contribution is -2.43. The molecule has 1 aliphatic heterocycles. The van der Waals surface area contributed by atoms with Gasteiger partial charge >= 0.3 is 0 Å². The molecule has 1 fully saturated rings. The van der Waals surface area contributed by atoms with Crippen LogP contribution in [0.15, 0.2) is 42.0 Å². The molecule has 0 spiro atoms. The van der Waals surface area contributed by atoms with E-state index in [1.807, 2.05) is 17.5 Å². The second-order valence-electron chi connectivity index (χ2n) is 5.29. The molecule has 0 aromatic carbocycles. The Hall–Kier alpha value is -2.21. The average Bonchev–Trinajstić information content (AvgIpc) is 3.09. The maximum Gasteiger partial charge on any atom is 0.263 e. The number of hydrogen-bond acceptors (Lipinski definition) is 4. The van der Waals surface area contributed by atoms with Crippen LogP contribution in [0.5, 0.6) is 0 Å². The highest BCUT2D eigenvalue weighted by Gasteiger charge is 2.29. The topological polar surface area (TPSA) is 62.3 Å². The SMILES string of the molecule is O=C(Nc1ccncc1)[C@@H]1CCCN(C(=O)c2cccs2)C1. The molecular weight excluding hydrogens is 298 g/mol. The van der Waals surface area contributed by atoms with Crippen molar-refractivity contribution in [1.82, 2.24) is 9.88 Å². The number of amides is 2. The summed E-state index contributed by atoms with van der Waals surface area (Å²) in [4.78, 5) is 31.2. The van der Waals surface area contributed by atoms with Crippen molar-refractivity contribution in [2.24, 2.45) is 5.92 Å². The molecule has 6 heteroatoms. The summed E-state index contributed by atoms with van der Waals surface area (Å²) in [6.07, 6.45) is 4.95. The van der Waals surface area contributed by atoms with Crippen LogP contribution in [0, 0.1) is 5.92 Å². The highest BCUT2D eigenvalue weighted by molar-refractivity contribution is 7.12. The summed E-state index contributed by atoms with van der Waals surface area (Å²) in [6.45, 7) is 1.20. The number of carbonyl (C=O) groups excluding carboxylic acids is 2. The summed E-state index contributed by atoms with van der Waals surface area (Å²) in [7, 11) is 0. The van der Waals surface area contributed by atoms with E-state index in [4.69, 9.17) is 0 Å². The number of nitrogens with one attached hydrogen (secondary N) is 1. The van der Waals surface area contributed by atoms with Gasteiger partial charge in [0.25, 0.3) is 5.91 Å². The van der Waals surface area contributed by atoms with Crippen molar-refractivity contribution < 1.29 is 9.59 Å². The van der Waals surface area contributed by atoms with E-state index in [9.17, 15) is 9.59 Å². The quantitative estimate of drug-likeness (QED) is 0.947. The Balaban J connectivity index is 1.63. The molecule has 3 heterocycles. The Labute approximate surface area is 133 Å². The van der Waals surface area contributed by atoms with Gasteiger partial charge in [-0.2, -0.15) is 0 Å². The predicted molar refractivity (Wildman–Crippen MR) is 85.8 cm³/mol. The van der Waals surface area contributed by atoms with Gasteiger partial charge in [0.05, 0.1) is 10.8 Å². The average molecular weight is 315 g/mol. The largest absolute Gasteiger partial charge is 0.337 e. The molecule has 2 aromatic rings. The molecular formula is C16H17N3O2S. The van der Waals surface area contributed by atoms with E-state index < -0.39 is 0 Å². The Kier molecular flexibility index (Phi) is 4.48. The van der Waals surface area contributed by atoms with E-state index in [0.29, 0.717) is 6.54 Å². The summed E-state index contributed by atoms with van der Waals surface area (Å²) >= 11 is 1.44. The van der Waals surface area contributed by atoms with E-state index in [2.05, 4.69) is 10.3 Å². The molecule has 2 amide bonds. The Morgan fingerprint density at radius 1 is 1.27 bits per heavy atom. The first kappa shape index (κ1) is 14.7. The van der Waals surface area contributed by atoms with Crippen LogP contribution in [0.1, 0.15) is 22.5 Å². The van der Waals surface area contributed by atoms with Gasteiger partial charge in [-0.25, -0.2) is 0 Å². The zero-order valence-electron chi connectivity index (χ0n) is 12.1. The highest BCUT2D eigenvalue weighted by atomic mass is 32.1. The molecule has 22 heavy (non-hydrogen) atoms. The van der Waals surface area contributed by atoms with Gasteiger partial charge in [0.1, 0.15) is 0 Å². The molecule has 1 N–H and O–H groups in total. The Bertz CT molecular complexity index is 643. The van der Waals surface area contributed by atoms with Crippen LogP contribution in [0.2, 0.25) is 0 Å². The maximum atomic E-state index is 12.4. The van der Waals surface area contributed by atoms with Crippen LogP contribution < -0.4 is 5.32 Å². The number of carbonyl (C=O) groups is 2. The third-order valence-electron chi connectivity index (χ3n) is 3.76. The first-order chi connectivity index (χ1) is 10.7. The number of likely N-dealkylation sites (tertiary alicyclic amines) is 1. The maximum absolute atomic E-state index is 12.4. The van der Waals surface area contributed by atoms with E-state index >= 15 is 0 Å². The smallest absolute Gasteiger partial charge is 0.263 e. The van der Waals surface area contributed by atoms with Crippen LogP contribution in [0.25, 0.3) is 0 Å². The molecule has 114 valence electrons. The second-order valence-corrected chi connectivity index (χ2v) is 6.24. The molecule has 1 saturated heterocycles. The first-order valence-electron chi connectivity index (χ1n) is 7.28. The number of hydrogen-bond donors (Lipinski definition) is 1. The summed E-state index contributed by atoms with van der Waals surface area (Å²) < 4.78 is 0. The van der Waals surface area contributed by atoms with Crippen molar-refractivity contribution in [3.63, 3.8) is 0 Å². The summed E-state index contributed by atoms with van der Waals surface area (Å²) in [5, 5.41) is 4.79. The zero-order chi connectivity index (χ0) is 15.4. The second kappa shape index (κ2) is 6.70. The van der Waals surface area contributed by atoms with E-state index in [-0.39, 0.29) is 17.7 Å². The highest BCUT2D eigenvalue weighted by Crippen LogP contribution is 2.21. The third-order valence-corrected chi connectivity index (χ3v) is 4.62. The number of aromatic nitrogens is 1. The fourth-order valence-corrected chi connectivity index (χ4v) is 3.30. The molecule has 0 bridgehead atoms. The molecule has 0 aliphatic carbocycles. The van der Waals surface area contributed by atoms with Crippen molar-refractivity contribution in [3.05, 3.63) is 46.9 Å². The van der Waals surface area contributed by atoms with Crippen LogP contribution in [-0.4, -0.2) is 34.8 Å². The van der Waals surface area contributed by atoms with Crippen molar-refractivity contribution in [2.45, 2.75) is 12.8 Å². The monoisotopic (exact) mass is 315 g/mol. The summed E-state index contributed by atoms with van der Waals surface area (Å²) in [5.74, 6) is -0.169. The molecule has 0 radical (unpaired) electrons. The van der Waals surface area contributed by atoms with Crippen molar-refractivity contribution >= 4 is 28.8 Å². The molecule has 3 rings (SSSR count). The van der Waals surface area contributed by atoms with Gasteiger partial charge in [-0.15, -0.1) is 11.3 Å². The van der Waals surface area contributed by atoms with Crippen LogP contribution in [-0.2, 0) is 4.79 Å². The van der Waals surface area contributed by atoms with Gasteiger partial charge < -0.3 is 10.2 Å². The number of thiophene rings is 1. The van der Waals surface area contributed by atoms with Crippen LogP contribution >= 0.6 is 11.3 Å². The number of rotatable bonds is 3. The lowest BCUT2D eigenvalue weighted by Gasteiger charge is -2.31.